The maximum atomic E-state index is 4.80. The van der Waals surface area contributed by atoms with E-state index >= 15 is 0 Å². The zero-order chi connectivity index (χ0) is 14.9. The third kappa shape index (κ3) is 15.3. The van der Waals surface area contributed by atoms with Crippen molar-refractivity contribution in [3.05, 3.63) is 16.0 Å². The van der Waals surface area contributed by atoms with Crippen molar-refractivity contribution in [3.63, 3.8) is 0 Å². The van der Waals surface area contributed by atoms with Gasteiger partial charge in [0.2, 0.25) is 0 Å². The summed E-state index contributed by atoms with van der Waals surface area (Å²) in [6.45, 7) is 11.4. The van der Waals surface area contributed by atoms with Gasteiger partial charge in [0.25, 0.3) is 0 Å². The van der Waals surface area contributed by atoms with Crippen LogP contribution in [0.5, 0.6) is 0 Å². The third-order valence-electron chi connectivity index (χ3n) is 3.03. The van der Waals surface area contributed by atoms with Crippen molar-refractivity contribution in [2.24, 2.45) is 0 Å². The van der Waals surface area contributed by atoms with Gasteiger partial charge in [0.1, 0.15) is 0 Å². The first-order valence-electron chi connectivity index (χ1n) is 7.34. The van der Waals surface area contributed by atoms with Crippen molar-refractivity contribution in [2.75, 3.05) is 58.9 Å². The molecule has 0 aliphatic carbocycles. The molecule has 1 saturated heterocycles. The van der Waals surface area contributed by atoms with E-state index in [-0.39, 0.29) is 13.1 Å². The van der Waals surface area contributed by atoms with E-state index in [9.17, 15) is 0 Å². The molecule has 0 radical (unpaired) electrons. The third-order valence-corrected chi connectivity index (χ3v) is 3.03. The molecule has 1 heterocycles. The van der Waals surface area contributed by atoms with Crippen molar-refractivity contribution in [3.8, 4) is 0 Å². The first-order chi connectivity index (χ1) is 9.85. The van der Waals surface area contributed by atoms with Gasteiger partial charge in [-0.2, -0.15) is 13.1 Å². The Morgan fingerprint density at radius 1 is 1.05 bits per heavy atom. The molecule has 1 fully saturated rings. The van der Waals surface area contributed by atoms with Crippen LogP contribution in [0.3, 0.4) is 0 Å². The fourth-order valence-corrected chi connectivity index (χ4v) is 1.91. The molecule has 123 valence electrons. The standard InChI is InChI=1S/C13H27N4.2ClH.Mn/c1-2-3-5-15-9-12-17-11-4-6-14-7-8-16-10-13-17;;;/h2-13H2,1H3;2*1H;/q-3;;;+2/p-2. The minimum absolute atomic E-state index is 0.00694. The molecule has 20 heavy (non-hydrogen) atoms. The van der Waals surface area contributed by atoms with E-state index in [1.807, 2.05) is 0 Å². The van der Waals surface area contributed by atoms with Gasteiger partial charge in [0, 0.05) is 0 Å². The fourth-order valence-electron chi connectivity index (χ4n) is 1.91. The summed E-state index contributed by atoms with van der Waals surface area (Å²) in [5.74, 6) is 0. The summed E-state index contributed by atoms with van der Waals surface area (Å²) < 4.78 is 0. The van der Waals surface area contributed by atoms with Gasteiger partial charge in [-0.3, -0.25) is 0 Å². The van der Waals surface area contributed by atoms with Gasteiger partial charge in [-0.25, -0.2) is 0 Å². The van der Waals surface area contributed by atoms with Crippen molar-refractivity contribution in [1.82, 2.24) is 4.90 Å². The zero-order valence-corrected chi connectivity index (χ0v) is 15.1. The molecule has 0 spiro atoms. The Morgan fingerprint density at radius 3 is 2.45 bits per heavy atom. The van der Waals surface area contributed by atoms with E-state index in [2.05, 4.69) is 27.8 Å². The second-order valence-electron chi connectivity index (χ2n) is 4.62. The van der Waals surface area contributed by atoms with Crippen LogP contribution in [0.1, 0.15) is 26.2 Å². The zero-order valence-electron chi connectivity index (χ0n) is 12.4. The SMILES string of the molecule is CCCC[N-]CCN1CCC[N-]CC[N-]CC1.[Cl][Mn][Cl]. The van der Waals surface area contributed by atoms with Crippen molar-refractivity contribution in [1.29, 1.82) is 0 Å². The molecule has 1 rings (SSSR count). The molecular formula is C13H27Cl2MnN4-3. The van der Waals surface area contributed by atoms with Gasteiger partial charge in [-0.05, 0) is 19.6 Å². The predicted molar refractivity (Wildman–Crippen MR) is 87.0 cm³/mol. The Balaban J connectivity index is 0.00000110. The molecule has 0 N–H and O–H groups in total. The quantitative estimate of drug-likeness (QED) is 0.519. The second kappa shape index (κ2) is 18.0. The van der Waals surface area contributed by atoms with Crippen LogP contribution < -0.4 is 0 Å². The van der Waals surface area contributed by atoms with Crippen LogP contribution in [0.25, 0.3) is 16.0 Å². The Hall–Kier alpha value is 0.939. The number of rotatable bonds is 6. The Bertz CT molecular complexity index is 180. The maximum absolute atomic E-state index is 4.80. The molecule has 0 bridgehead atoms. The van der Waals surface area contributed by atoms with E-state index in [0.717, 1.165) is 58.9 Å². The summed E-state index contributed by atoms with van der Waals surface area (Å²) in [6, 6.07) is 0. The first-order valence-corrected chi connectivity index (χ1v) is 10.6. The van der Waals surface area contributed by atoms with Crippen LogP contribution in [-0.4, -0.2) is 63.8 Å². The average Bonchev–Trinajstić information content (AvgIpc) is 2.46. The molecule has 0 saturated carbocycles. The van der Waals surface area contributed by atoms with Gasteiger partial charge in [0.15, 0.2) is 0 Å². The Morgan fingerprint density at radius 2 is 1.75 bits per heavy atom. The Labute approximate surface area is 139 Å². The summed E-state index contributed by atoms with van der Waals surface area (Å²) >= 11 is 0.00694. The number of hydrogen-bond acceptors (Lipinski definition) is 1. The number of halogens is 2. The molecule has 0 unspecified atom stereocenters. The van der Waals surface area contributed by atoms with Crippen LogP contribution in [0, 0.1) is 0 Å². The van der Waals surface area contributed by atoms with Gasteiger partial charge < -0.3 is 20.9 Å². The van der Waals surface area contributed by atoms with Crippen LogP contribution in [0.15, 0.2) is 0 Å². The molecule has 0 amide bonds. The van der Waals surface area contributed by atoms with Crippen molar-refractivity contribution < 1.29 is 13.1 Å². The van der Waals surface area contributed by atoms with Crippen LogP contribution in [0.2, 0.25) is 0 Å². The fraction of sp³-hybridized carbons (Fsp3) is 1.00. The minimum atomic E-state index is 0.00694. The summed E-state index contributed by atoms with van der Waals surface area (Å²) in [5, 5.41) is 13.5. The second-order valence-corrected chi connectivity index (χ2v) is 6.56. The van der Waals surface area contributed by atoms with Crippen molar-refractivity contribution in [2.45, 2.75) is 26.2 Å². The van der Waals surface area contributed by atoms with Crippen LogP contribution in [-0.2, 0) is 13.1 Å². The monoisotopic (exact) mass is 364 g/mol. The average molecular weight is 365 g/mol. The molecule has 0 aromatic rings. The summed E-state index contributed by atoms with van der Waals surface area (Å²) in [5.41, 5.74) is 0. The van der Waals surface area contributed by atoms with Crippen LogP contribution in [0.4, 0.5) is 0 Å². The van der Waals surface area contributed by atoms with Crippen molar-refractivity contribution >= 4 is 20.2 Å². The predicted octanol–water partition coefficient (Wildman–Crippen LogP) is 3.99. The molecule has 7 heteroatoms. The summed E-state index contributed by atoms with van der Waals surface area (Å²) in [6.07, 6.45) is 3.66. The topological polar surface area (TPSA) is 45.5 Å². The van der Waals surface area contributed by atoms with E-state index in [1.54, 1.807) is 0 Å². The van der Waals surface area contributed by atoms with E-state index in [0.29, 0.717) is 0 Å². The van der Waals surface area contributed by atoms with E-state index < -0.39 is 0 Å². The normalized spacial score (nSPS) is 18.1. The van der Waals surface area contributed by atoms with E-state index in [4.69, 9.17) is 20.2 Å². The molecule has 0 atom stereocenters. The number of nitrogens with zero attached hydrogens (tertiary/aromatic N) is 4. The van der Waals surface area contributed by atoms with Gasteiger partial charge in [-0.15, -0.1) is 26.2 Å². The number of hydrogen-bond donors (Lipinski definition) is 0. The molecule has 0 aromatic heterocycles. The van der Waals surface area contributed by atoms with Gasteiger partial charge in [-0.1, -0.05) is 26.2 Å². The molecule has 1 aliphatic heterocycles. The number of unbranched alkanes of at least 4 members (excludes halogenated alkanes) is 1. The first kappa shape index (κ1) is 20.9. The Kier molecular flexibility index (Phi) is 18.8. The molecule has 1 aliphatic rings. The summed E-state index contributed by atoms with van der Waals surface area (Å²) in [4.78, 5) is 2.49. The van der Waals surface area contributed by atoms with Crippen LogP contribution >= 0.6 is 20.2 Å². The molecule has 0 aromatic carbocycles. The van der Waals surface area contributed by atoms with Gasteiger partial charge >= 0.3 is 33.3 Å². The summed E-state index contributed by atoms with van der Waals surface area (Å²) in [7, 11) is 9.59. The molecular weight excluding hydrogens is 338 g/mol. The van der Waals surface area contributed by atoms with E-state index in [1.165, 1.54) is 19.3 Å². The molecule has 4 nitrogen and oxygen atoms in total. The van der Waals surface area contributed by atoms with Gasteiger partial charge in [0.05, 0.1) is 0 Å².